The first-order valence-corrected chi connectivity index (χ1v) is 6.50. The van der Waals surface area contributed by atoms with Gasteiger partial charge in [0.15, 0.2) is 0 Å². The summed E-state index contributed by atoms with van der Waals surface area (Å²) in [5.74, 6) is 0. The molecule has 3 heteroatoms. The maximum Gasteiger partial charge on any atom is 0.0675 e. The fourth-order valence-electron chi connectivity index (χ4n) is 1.90. The predicted molar refractivity (Wildman–Crippen MR) is 78.7 cm³/mol. The number of fused-ring (bicyclic) bond motifs is 3. The van der Waals surface area contributed by atoms with Crippen LogP contribution in [0.4, 0.5) is 0 Å². The van der Waals surface area contributed by atoms with Crippen LogP contribution in [0.15, 0.2) is 36.9 Å². The molecule has 0 fully saturated rings. The van der Waals surface area contributed by atoms with Gasteiger partial charge in [0.2, 0.25) is 0 Å². The minimum Gasteiger partial charge on any atom is -0.342 e. The first-order valence-electron chi connectivity index (χ1n) is 6.50. The van der Waals surface area contributed by atoms with Crippen molar-refractivity contribution in [3.8, 4) is 0 Å². The molecule has 0 N–H and O–H groups in total. The van der Waals surface area contributed by atoms with Gasteiger partial charge in [0.05, 0.1) is 17.2 Å². The zero-order valence-corrected chi connectivity index (χ0v) is 11.8. The Morgan fingerprint density at radius 3 is 2.11 bits per heavy atom. The molecule has 0 atom stereocenters. The van der Waals surface area contributed by atoms with E-state index in [2.05, 4.69) is 14.5 Å². The number of pyridine rings is 2. The number of hydrogen-bond donors (Lipinski definition) is 0. The van der Waals surface area contributed by atoms with Crippen LogP contribution in [0.2, 0.25) is 0 Å². The number of hydrogen-bond acceptors (Lipinski definition) is 2. The Morgan fingerprint density at radius 2 is 1.39 bits per heavy atom. The van der Waals surface area contributed by atoms with Crippen molar-refractivity contribution in [2.75, 3.05) is 0 Å². The molecule has 3 nitrogen and oxygen atoms in total. The number of aromatic nitrogens is 3. The highest BCUT2D eigenvalue weighted by molar-refractivity contribution is 6.07. The Hall–Kier alpha value is -1.90. The molecule has 0 saturated heterocycles. The second-order valence-electron chi connectivity index (χ2n) is 3.34. The van der Waals surface area contributed by atoms with E-state index in [1.165, 1.54) is 16.3 Å². The van der Waals surface area contributed by atoms with Crippen LogP contribution >= 0.6 is 0 Å². The van der Waals surface area contributed by atoms with Crippen molar-refractivity contribution < 1.29 is 0 Å². The zero-order valence-electron chi connectivity index (χ0n) is 11.8. The molecule has 0 radical (unpaired) electrons. The molecule has 3 rings (SSSR count). The van der Waals surface area contributed by atoms with Gasteiger partial charge in [-0.25, -0.2) is 0 Å². The Balaban J connectivity index is 0.000000371. The summed E-state index contributed by atoms with van der Waals surface area (Å²) in [5.41, 5.74) is 2.35. The minimum absolute atomic E-state index is 1.15. The van der Waals surface area contributed by atoms with Crippen LogP contribution in [0.3, 0.4) is 0 Å². The summed E-state index contributed by atoms with van der Waals surface area (Å²) in [6, 6.07) is 4.05. The van der Waals surface area contributed by atoms with Crippen LogP contribution in [0.5, 0.6) is 0 Å². The van der Waals surface area contributed by atoms with E-state index in [0.29, 0.717) is 0 Å². The molecule has 0 saturated carbocycles. The fourth-order valence-corrected chi connectivity index (χ4v) is 1.90. The first-order chi connectivity index (χ1) is 8.88. The lowest BCUT2D eigenvalue weighted by atomic mass is 10.2. The van der Waals surface area contributed by atoms with Crippen molar-refractivity contribution >= 4 is 21.8 Å². The van der Waals surface area contributed by atoms with Gasteiger partial charge in [0, 0.05) is 36.4 Å². The highest BCUT2D eigenvalue weighted by Gasteiger charge is 2.06. The summed E-state index contributed by atoms with van der Waals surface area (Å²) in [6.45, 7) is 8.00. The predicted octanol–water partition coefficient (Wildman–Crippen LogP) is 4.17. The van der Waals surface area contributed by atoms with Crippen molar-refractivity contribution in [1.82, 2.24) is 14.5 Å². The molecule has 3 aromatic heterocycles. The van der Waals surface area contributed by atoms with E-state index in [1.54, 1.807) is 0 Å². The van der Waals surface area contributed by atoms with Crippen LogP contribution in [0.25, 0.3) is 21.8 Å². The minimum atomic E-state index is 1.15. The van der Waals surface area contributed by atoms with Gasteiger partial charge in [-0.3, -0.25) is 9.97 Å². The van der Waals surface area contributed by atoms with Gasteiger partial charge in [-0.1, -0.05) is 27.7 Å². The van der Waals surface area contributed by atoms with Crippen molar-refractivity contribution in [3.63, 3.8) is 0 Å². The molecule has 3 heterocycles. The second kappa shape index (κ2) is 6.74. The third kappa shape index (κ3) is 2.35. The highest BCUT2D eigenvalue weighted by atomic mass is 14.9. The molecule has 0 aliphatic rings. The maximum atomic E-state index is 4.14. The molecule has 3 aromatic rings. The Kier molecular flexibility index (Phi) is 5.31. The van der Waals surface area contributed by atoms with Crippen LogP contribution in [-0.4, -0.2) is 14.5 Å². The molecule has 0 spiro atoms. The van der Waals surface area contributed by atoms with E-state index in [9.17, 15) is 0 Å². The summed E-state index contributed by atoms with van der Waals surface area (Å²) >= 11 is 0. The topological polar surface area (TPSA) is 30.7 Å². The van der Waals surface area contributed by atoms with Gasteiger partial charge in [-0.15, -0.1) is 0 Å². The SMILES string of the molecule is CC.CC.Cn1c2ccncc2c2ccncc21. The van der Waals surface area contributed by atoms with Crippen molar-refractivity contribution in [1.29, 1.82) is 0 Å². The number of aryl methyl sites for hydroxylation is 1. The summed E-state index contributed by atoms with van der Waals surface area (Å²) < 4.78 is 2.14. The molecule has 96 valence electrons. The van der Waals surface area contributed by atoms with Gasteiger partial charge in [-0.2, -0.15) is 0 Å². The second-order valence-corrected chi connectivity index (χ2v) is 3.34. The average Bonchev–Trinajstić information content (AvgIpc) is 2.78. The molecule has 0 amide bonds. The van der Waals surface area contributed by atoms with Crippen LogP contribution < -0.4 is 0 Å². The Morgan fingerprint density at radius 1 is 0.778 bits per heavy atom. The van der Waals surface area contributed by atoms with E-state index in [0.717, 1.165) is 5.52 Å². The lowest BCUT2D eigenvalue weighted by Crippen LogP contribution is -1.86. The Labute approximate surface area is 108 Å². The highest BCUT2D eigenvalue weighted by Crippen LogP contribution is 2.25. The van der Waals surface area contributed by atoms with Gasteiger partial charge < -0.3 is 4.57 Å². The molecule has 0 aromatic carbocycles. The smallest absolute Gasteiger partial charge is 0.0675 e. The molecule has 0 aliphatic carbocycles. The monoisotopic (exact) mass is 243 g/mol. The molecule has 18 heavy (non-hydrogen) atoms. The molecule has 0 bridgehead atoms. The first kappa shape index (κ1) is 14.2. The van der Waals surface area contributed by atoms with Gasteiger partial charge in [0.1, 0.15) is 0 Å². The van der Waals surface area contributed by atoms with Crippen molar-refractivity contribution in [2.24, 2.45) is 7.05 Å². The fraction of sp³-hybridized carbons (Fsp3) is 0.333. The third-order valence-electron chi connectivity index (χ3n) is 2.61. The van der Waals surface area contributed by atoms with Gasteiger partial charge >= 0.3 is 0 Å². The van der Waals surface area contributed by atoms with Crippen molar-refractivity contribution in [3.05, 3.63) is 36.9 Å². The van der Waals surface area contributed by atoms with Gasteiger partial charge in [0.25, 0.3) is 0 Å². The van der Waals surface area contributed by atoms with Crippen LogP contribution in [0, 0.1) is 0 Å². The van der Waals surface area contributed by atoms with Crippen LogP contribution in [0.1, 0.15) is 27.7 Å². The van der Waals surface area contributed by atoms with Crippen LogP contribution in [-0.2, 0) is 7.05 Å². The van der Waals surface area contributed by atoms with Crippen molar-refractivity contribution in [2.45, 2.75) is 27.7 Å². The van der Waals surface area contributed by atoms with Gasteiger partial charge in [-0.05, 0) is 12.1 Å². The summed E-state index contributed by atoms with van der Waals surface area (Å²) in [7, 11) is 2.05. The molecular weight excluding hydrogens is 222 g/mol. The lowest BCUT2D eigenvalue weighted by molar-refractivity contribution is 1.01. The van der Waals surface area contributed by atoms with E-state index >= 15 is 0 Å². The van der Waals surface area contributed by atoms with E-state index in [4.69, 9.17) is 0 Å². The van der Waals surface area contributed by atoms with E-state index in [1.807, 2.05) is 71.7 Å². The Bertz CT molecular complexity index is 558. The molecule has 0 unspecified atom stereocenters. The summed E-state index contributed by atoms with van der Waals surface area (Å²) in [6.07, 6.45) is 7.41. The number of nitrogens with zero attached hydrogens (tertiary/aromatic N) is 3. The molecular formula is C15H21N3. The average molecular weight is 243 g/mol. The molecule has 0 aliphatic heterocycles. The third-order valence-corrected chi connectivity index (χ3v) is 2.61. The summed E-state index contributed by atoms with van der Waals surface area (Å²) in [5, 5.41) is 2.40. The quantitative estimate of drug-likeness (QED) is 0.593. The normalized spacial score (nSPS) is 9.39. The lowest BCUT2D eigenvalue weighted by Gasteiger charge is -1.94. The zero-order chi connectivity index (χ0) is 13.5. The van der Waals surface area contributed by atoms with E-state index < -0.39 is 0 Å². The standard InChI is InChI=1S/C11H9N3.2C2H6/c1-14-10-3-5-12-6-9(10)8-2-4-13-7-11(8)14;2*1-2/h2-7H,1H3;2*1-2H3. The maximum absolute atomic E-state index is 4.14. The summed E-state index contributed by atoms with van der Waals surface area (Å²) in [4.78, 5) is 8.27. The van der Waals surface area contributed by atoms with E-state index in [-0.39, 0.29) is 0 Å². The number of rotatable bonds is 0. The largest absolute Gasteiger partial charge is 0.342 e.